The second kappa shape index (κ2) is 8.53. The number of benzene rings is 2. The number of carbonyl (C=O) groups excluding carboxylic acids is 1. The molecule has 2 aromatic rings. The number of hydrogen-bond acceptors (Lipinski definition) is 2. The Bertz CT molecular complexity index is 770. The maximum Gasteiger partial charge on any atom is 0.232 e. The number of carbonyl (C=O) groups is 1. The SMILES string of the molecule is Cc1ccc(C(C)(C)C(=O)N2CCN(C/C=C/c3ccccc3)CC2)cc1. The van der Waals surface area contributed by atoms with Gasteiger partial charge in [-0.2, -0.15) is 0 Å². The van der Waals surface area contributed by atoms with Crippen LogP contribution >= 0.6 is 0 Å². The molecular formula is C24H30N2O. The van der Waals surface area contributed by atoms with Crippen LogP contribution < -0.4 is 0 Å². The minimum atomic E-state index is -0.483. The van der Waals surface area contributed by atoms with E-state index in [0.717, 1.165) is 38.3 Å². The highest BCUT2D eigenvalue weighted by atomic mass is 16.2. The van der Waals surface area contributed by atoms with E-state index in [2.05, 4.69) is 72.5 Å². The van der Waals surface area contributed by atoms with Crippen LogP contribution in [0.25, 0.3) is 6.08 Å². The van der Waals surface area contributed by atoms with Crippen LogP contribution in [0.1, 0.15) is 30.5 Å². The van der Waals surface area contributed by atoms with Crippen molar-refractivity contribution in [3.63, 3.8) is 0 Å². The molecule has 0 spiro atoms. The predicted octanol–water partition coefficient (Wildman–Crippen LogP) is 4.13. The van der Waals surface area contributed by atoms with Crippen LogP contribution in [0.3, 0.4) is 0 Å². The number of piperazine rings is 1. The Morgan fingerprint density at radius 1 is 0.963 bits per heavy atom. The molecule has 1 fully saturated rings. The van der Waals surface area contributed by atoms with Gasteiger partial charge in [0.25, 0.3) is 0 Å². The van der Waals surface area contributed by atoms with Crippen molar-refractivity contribution in [1.29, 1.82) is 0 Å². The van der Waals surface area contributed by atoms with Gasteiger partial charge in [-0.05, 0) is 31.9 Å². The van der Waals surface area contributed by atoms with Crippen molar-refractivity contribution in [2.24, 2.45) is 0 Å². The molecule has 2 aromatic carbocycles. The van der Waals surface area contributed by atoms with E-state index in [1.165, 1.54) is 11.1 Å². The first kappa shape index (κ1) is 19.4. The van der Waals surface area contributed by atoms with Gasteiger partial charge in [0.2, 0.25) is 5.91 Å². The fourth-order valence-electron chi connectivity index (χ4n) is 3.52. The number of nitrogens with zero attached hydrogens (tertiary/aromatic N) is 2. The summed E-state index contributed by atoms with van der Waals surface area (Å²) in [5, 5.41) is 0. The van der Waals surface area contributed by atoms with Crippen molar-refractivity contribution >= 4 is 12.0 Å². The molecule has 27 heavy (non-hydrogen) atoms. The van der Waals surface area contributed by atoms with Gasteiger partial charge in [0, 0.05) is 32.7 Å². The van der Waals surface area contributed by atoms with Gasteiger partial charge < -0.3 is 4.90 Å². The molecule has 3 nitrogen and oxygen atoms in total. The zero-order valence-corrected chi connectivity index (χ0v) is 16.7. The maximum absolute atomic E-state index is 13.1. The molecule has 1 heterocycles. The van der Waals surface area contributed by atoms with Crippen LogP contribution in [0.2, 0.25) is 0 Å². The third-order valence-corrected chi connectivity index (χ3v) is 5.44. The normalized spacial score (nSPS) is 16.0. The van der Waals surface area contributed by atoms with Crippen LogP contribution in [0.5, 0.6) is 0 Å². The Kier molecular flexibility index (Phi) is 6.12. The van der Waals surface area contributed by atoms with Crippen molar-refractivity contribution < 1.29 is 4.79 Å². The number of rotatable bonds is 5. The lowest BCUT2D eigenvalue weighted by atomic mass is 9.82. The molecule has 1 amide bonds. The number of amides is 1. The topological polar surface area (TPSA) is 23.6 Å². The molecule has 3 rings (SSSR count). The zero-order chi connectivity index (χ0) is 19.3. The molecule has 0 N–H and O–H groups in total. The minimum Gasteiger partial charge on any atom is -0.339 e. The van der Waals surface area contributed by atoms with Crippen molar-refractivity contribution in [3.8, 4) is 0 Å². The van der Waals surface area contributed by atoms with Crippen LogP contribution in [0.15, 0.2) is 60.7 Å². The summed E-state index contributed by atoms with van der Waals surface area (Å²) in [6.45, 7) is 10.5. The zero-order valence-electron chi connectivity index (χ0n) is 16.7. The van der Waals surface area contributed by atoms with E-state index in [-0.39, 0.29) is 5.91 Å². The average molecular weight is 363 g/mol. The largest absolute Gasteiger partial charge is 0.339 e. The Hall–Kier alpha value is -2.39. The summed E-state index contributed by atoms with van der Waals surface area (Å²) in [6, 6.07) is 18.7. The number of hydrogen-bond donors (Lipinski definition) is 0. The van der Waals surface area contributed by atoms with Gasteiger partial charge in [-0.15, -0.1) is 0 Å². The quantitative estimate of drug-likeness (QED) is 0.798. The van der Waals surface area contributed by atoms with E-state index in [1.807, 2.05) is 24.8 Å². The van der Waals surface area contributed by atoms with E-state index in [1.54, 1.807) is 0 Å². The molecule has 1 aliphatic rings. The highest BCUT2D eigenvalue weighted by Crippen LogP contribution is 2.26. The molecule has 0 radical (unpaired) electrons. The summed E-state index contributed by atoms with van der Waals surface area (Å²) >= 11 is 0. The van der Waals surface area contributed by atoms with Gasteiger partial charge in [-0.1, -0.05) is 72.3 Å². The molecule has 0 unspecified atom stereocenters. The summed E-state index contributed by atoms with van der Waals surface area (Å²) < 4.78 is 0. The van der Waals surface area contributed by atoms with Gasteiger partial charge in [0.15, 0.2) is 0 Å². The molecule has 1 saturated heterocycles. The first-order valence-electron chi connectivity index (χ1n) is 9.77. The molecule has 3 heteroatoms. The van der Waals surface area contributed by atoms with Gasteiger partial charge >= 0.3 is 0 Å². The van der Waals surface area contributed by atoms with Gasteiger partial charge in [-0.3, -0.25) is 9.69 Å². The second-order valence-electron chi connectivity index (χ2n) is 7.90. The first-order chi connectivity index (χ1) is 13.0. The molecule has 142 valence electrons. The molecule has 0 atom stereocenters. The maximum atomic E-state index is 13.1. The average Bonchev–Trinajstić information content (AvgIpc) is 2.69. The molecule has 0 bridgehead atoms. The Balaban J connectivity index is 1.53. The lowest BCUT2D eigenvalue weighted by Gasteiger charge is -2.38. The Morgan fingerprint density at radius 2 is 1.59 bits per heavy atom. The monoisotopic (exact) mass is 362 g/mol. The standard InChI is InChI=1S/C24H30N2O/c1-20-11-13-22(14-12-20)24(2,3)23(27)26-18-16-25(17-19-26)15-7-10-21-8-5-4-6-9-21/h4-14H,15-19H2,1-3H3/b10-7+. The third kappa shape index (κ3) is 4.86. The lowest BCUT2D eigenvalue weighted by molar-refractivity contribution is -0.138. The van der Waals surface area contributed by atoms with Crippen LogP contribution in [0.4, 0.5) is 0 Å². The van der Waals surface area contributed by atoms with Gasteiger partial charge in [0.1, 0.15) is 0 Å². The van der Waals surface area contributed by atoms with E-state index >= 15 is 0 Å². The van der Waals surface area contributed by atoms with Crippen molar-refractivity contribution in [3.05, 3.63) is 77.4 Å². The molecule has 0 aromatic heterocycles. The van der Waals surface area contributed by atoms with Crippen LogP contribution in [-0.4, -0.2) is 48.4 Å². The summed E-state index contributed by atoms with van der Waals surface area (Å²) in [5.41, 5.74) is 3.06. The predicted molar refractivity (Wildman–Crippen MR) is 113 cm³/mol. The van der Waals surface area contributed by atoms with Crippen LogP contribution in [-0.2, 0) is 10.2 Å². The van der Waals surface area contributed by atoms with E-state index in [4.69, 9.17) is 0 Å². The number of aryl methyl sites for hydroxylation is 1. The fraction of sp³-hybridized carbons (Fsp3) is 0.375. The second-order valence-corrected chi connectivity index (χ2v) is 7.90. The Labute approximate surface area is 163 Å². The molecule has 0 aliphatic carbocycles. The van der Waals surface area contributed by atoms with E-state index in [0.29, 0.717) is 0 Å². The lowest BCUT2D eigenvalue weighted by Crippen LogP contribution is -2.53. The van der Waals surface area contributed by atoms with Crippen molar-refractivity contribution in [2.45, 2.75) is 26.2 Å². The highest BCUT2D eigenvalue weighted by molar-refractivity contribution is 5.87. The smallest absolute Gasteiger partial charge is 0.232 e. The minimum absolute atomic E-state index is 0.228. The summed E-state index contributed by atoms with van der Waals surface area (Å²) in [7, 11) is 0. The van der Waals surface area contributed by atoms with Gasteiger partial charge in [-0.25, -0.2) is 0 Å². The highest BCUT2D eigenvalue weighted by Gasteiger charge is 2.34. The van der Waals surface area contributed by atoms with Gasteiger partial charge in [0.05, 0.1) is 5.41 Å². The fourth-order valence-corrected chi connectivity index (χ4v) is 3.52. The molecule has 0 saturated carbocycles. The summed E-state index contributed by atoms with van der Waals surface area (Å²) in [6.07, 6.45) is 4.38. The summed E-state index contributed by atoms with van der Waals surface area (Å²) in [5.74, 6) is 0.228. The van der Waals surface area contributed by atoms with E-state index < -0.39 is 5.41 Å². The molecular weight excluding hydrogens is 332 g/mol. The third-order valence-electron chi connectivity index (χ3n) is 5.44. The first-order valence-corrected chi connectivity index (χ1v) is 9.77. The van der Waals surface area contributed by atoms with Crippen molar-refractivity contribution in [1.82, 2.24) is 9.80 Å². The molecule has 1 aliphatic heterocycles. The summed E-state index contributed by atoms with van der Waals surface area (Å²) in [4.78, 5) is 17.5. The van der Waals surface area contributed by atoms with Crippen LogP contribution in [0, 0.1) is 6.92 Å². The van der Waals surface area contributed by atoms with E-state index in [9.17, 15) is 4.79 Å². The van der Waals surface area contributed by atoms with Crippen molar-refractivity contribution in [2.75, 3.05) is 32.7 Å². The Morgan fingerprint density at radius 3 is 2.22 bits per heavy atom.